The molecule has 1 fully saturated rings. The molecule has 1 saturated heterocycles. The summed E-state index contributed by atoms with van der Waals surface area (Å²) in [5.41, 5.74) is 2.64. The van der Waals surface area contributed by atoms with Crippen LogP contribution in [0.2, 0.25) is 0 Å². The van der Waals surface area contributed by atoms with Gasteiger partial charge in [0, 0.05) is 32.1 Å². The molecule has 5 nitrogen and oxygen atoms in total. The number of aromatic amines is 1. The predicted molar refractivity (Wildman–Crippen MR) is 84.6 cm³/mol. The molecule has 0 bridgehead atoms. The average Bonchev–Trinajstić information content (AvgIpc) is 2.96. The first-order valence-electron chi connectivity index (χ1n) is 7.66. The minimum atomic E-state index is 0.494. The monoisotopic (exact) mass is 285 g/mol. The van der Waals surface area contributed by atoms with Crippen LogP contribution in [0, 0.1) is 6.92 Å². The first kappa shape index (κ1) is 14.1. The zero-order valence-electron chi connectivity index (χ0n) is 12.8. The highest BCUT2D eigenvalue weighted by atomic mass is 15.4. The summed E-state index contributed by atoms with van der Waals surface area (Å²) in [6.45, 7) is 7.24. The molecule has 1 aromatic carbocycles. The van der Waals surface area contributed by atoms with Crippen molar-refractivity contribution in [1.82, 2.24) is 20.5 Å². The van der Waals surface area contributed by atoms with Gasteiger partial charge in [-0.2, -0.15) is 4.98 Å². The summed E-state index contributed by atoms with van der Waals surface area (Å²) in [7, 11) is 0. The Morgan fingerprint density at radius 2 is 2.05 bits per heavy atom. The molecule has 1 atom stereocenters. The Balaban J connectivity index is 1.58. The molecule has 3 rings (SSSR count). The fraction of sp³-hybridized carbons (Fsp3) is 0.500. The van der Waals surface area contributed by atoms with Crippen LogP contribution in [0.4, 0.5) is 5.95 Å². The molecule has 0 spiro atoms. The van der Waals surface area contributed by atoms with Gasteiger partial charge in [-0.25, -0.2) is 0 Å². The third-order valence-electron chi connectivity index (χ3n) is 3.94. The van der Waals surface area contributed by atoms with E-state index in [-0.39, 0.29) is 0 Å². The number of piperazine rings is 1. The van der Waals surface area contributed by atoms with Gasteiger partial charge in [-0.3, -0.25) is 5.10 Å². The van der Waals surface area contributed by atoms with Crippen molar-refractivity contribution in [3.05, 3.63) is 41.2 Å². The fourth-order valence-corrected chi connectivity index (χ4v) is 2.67. The topological polar surface area (TPSA) is 56.8 Å². The maximum Gasteiger partial charge on any atom is 0.244 e. The highest BCUT2D eigenvalue weighted by molar-refractivity contribution is 5.30. The minimum Gasteiger partial charge on any atom is -0.337 e. The van der Waals surface area contributed by atoms with Gasteiger partial charge < -0.3 is 10.2 Å². The van der Waals surface area contributed by atoms with Crippen molar-refractivity contribution in [3.8, 4) is 0 Å². The molecule has 0 aliphatic carbocycles. The van der Waals surface area contributed by atoms with E-state index in [2.05, 4.69) is 63.5 Å². The number of aromatic nitrogens is 3. The molecule has 2 heterocycles. The van der Waals surface area contributed by atoms with Crippen LogP contribution >= 0.6 is 0 Å². The molecular weight excluding hydrogens is 262 g/mol. The van der Waals surface area contributed by atoms with Crippen LogP contribution in [0.25, 0.3) is 0 Å². The van der Waals surface area contributed by atoms with Gasteiger partial charge in [0.15, 0.2) is 0 Å². The van der Waals surface area contributed by atoms with E-state index in [4.69, 9.17) is 0 Å². The van der Waals surface area contributed by atoms with E-state index < -0.39 is 0 Å². The van der Waals surface area contributed by atoms with Gasteiger partial charge >= 0.3 is 0 Å². The normalized spacial score (nSPS) is 19.0. The van der Waals surface area contributed by atoms with E-state index in [0.29, 0.717) is 6.04 Å². The Hall–Kier alpha value is -1.88. The number of hydrogen-bond donors (Lipinski definition) is 2. The zero-order valence-corrected chi connectivity index (χ0v) is 12.8. The van der Waals surface area contributed by atoms with E-state index in [0.717, 1.165) is 44.2 Å². The number of benzene rings is 1. The standard InChI is InChI=1S/C16H23N5/c1-12-3-5-14(6-4-12)7-8-15-18-16(20-19-15)21-10-9-17-13(2)11-21/h3-6,13,17H,7-11H2,1-2H3,(H,18,19,20). The van der Waals surface area contributed by atoms with Crippen molar-refractivity contribution >= 4 is 5.95 Å². The molecule has 2 aromatic rings. The van der Waals surface area contributed by atoms with Crippen molar-refractivity contribution < 1.29 is 0 Å². The molecule has 112 valence electrons. The number of rotatable bonds is 4. The molecule has 1 unspecified atom stereocenters. The quantitative estimate of drug-likeness (QED) is 0.897. The molecule has 2 N–H and O–H groups in total. The Labute approximate surface area is 125 Å². The summed E-state index contributed by atoms with van der Waals surface area (Å²) in [6, 6.07) is 9.18. The fourth-order valence-electron chi connectivity index (χ4n) is 2.67. The van der Waals surface area contributed by atoms with Crippen molar-refractivity contribution in [3.63, 3.8) is 0 Å². The third-order valence-corrected chi connectivity index (χ3v) is 3.94. The summed E-state index contributed by atoms with van der Waals surface area (Å²) in [6.07, 6.45) is 1.89. The number of H-pyrrole nitrogens is 1. The molecule has 1 aromatic heterocycles. The van der Waals surface area contributed by atoms with E-state index >= 15 is 0 Å². The second-order valence-electron chi connectivity index (χ2n) is 5.87. The summed E-state index contributed by atoms with van der Waals surface area (Å²) in [4.78, 5) is 6.88. The van der Waals surface area contributed by atoms with Crippen molar-refractivity contribution in [2.45, 2.75) is 32.7 Å². The number of nitrogens with zero attached hydrogens (tertiary/aromatic N) is 3. The van der Waals surface area contributed by atoms with Crippen LogP contribution in [0.1, 0.15) is 23.9 Å². The Bertz CT molecular complexity index is 575. The van der Waals surface area contributed by atoms with E-state index in [1.807, 2.05) is 0 Å². The average molecular weight is 285 g/mol. The molecular formula is C16H23N5. The Morgan fingerprint density at radius 3 is 2.81 bits per heavy atom. The second kappa shape index (κ2) is 6.26. The van der Waals surface area contributed by atoms with Crippen molar-refractivity contribution in [2.75, 3.05) is 24.5 Å². The smallest absolute Gasteiger partial charge is 0.244 e. The molecule has 21 heavy (non-hydrogen) atoms. The van der Waals surface area contributed by atoms with Gasteiger partial charge in [-0.15, -0.1) is 5.10 Å². The molecule has 0 amide bonds. The van der Waals surface area contributed by atoms with Gasteiger partial charge in [0.2, 0.25) is 5.95 Å². The third kappa shape index (κ3) is 3.61. The van der Waals surface area contributed by atoms with Crippen LogP contribution in [-0.4, -0.2) is 40.9 Å². The Kier molecular flexibility index (Phi) is 4.20. The van der Waals surface area contributed by atoms with Gasteiger partial charge in [-0.1, -0.05) is 29.8 Å². The summed E-state index contributed by atoms with van der Waals surface area (Å²) in [5, 5.41) is 10.9. The molecule has 0 saturated carbocycles. The van der Waals surface area contributed by atoms with Gasteiger partial charge in [0.05, 0.1) is 0 Å². The van der Waals surface area contributed by atoms with Crippen LogP contribution in [0.15, 0.2) is 24.3 Å². The largest absolute Gasteiger partial charge is 0.337 e. The molecule has 0 radical (unpaired) electrons. The second-order valence-corrected chi connectivity index (χ2v) is 5.87. The summed E-state index contributed by atoms with van der Waals surface area (Å²) < 4.78 is 0. The Morgan fingerprint density at radius 1 is 1.24 bits per heavy atom. The zero-order chi connectivity index (χ0) is 14.7. The van der Waals surface area contributed by atoms with Gasteiger partial charge in [0.25, 0.3) is 0 Å². The highest BCUT2D eigenvalue weighted by Gasteiger charge is 2.19. The lowest BCUT2D eigenvalue weighted by atomic mass is 10.1. The van der Waals surface area contributed by atoms with Gasteiger partial charge in [-0.05, 0) is 25.8 Å². The number of hydrogen-bond acceptors (Lipinski definition) is 4. The molecule has 1 aliphatic heterocycles. The highest BCUT2D eigenvalue weighted by Crippen LogP contribution is 2.12. The van der Waals surface area contributed by atoms with Crippen molar-refractivity contribution in [1.29, 1.82) is 0 Å². The number of aryl methyl sites for hydroxylation is 3. The van der Waals surface area contributed by atoms with Crippen LogP contribution in [0.5, 0.6) is 0 Å². The lowest BCUT2D eigenvalue weighted by molar-refractivity contribution is 0.479. The molecule has 5 heteroatoms. The number of nitrogens with one attached hydrogen (secondary N) is 2. The number of anilines is 1. The van der Waals surface area contributed by atoms with Crippen LogP contribution in [-0.2, 0) is 12.8 Å². The lowest BCUT2D eigenvalue weighted by Crippen LogP contribution is -2.49. The minimum absolute atomic E-state index is 0.494. The van der Waals surface area contributed by atoms with Crippen molar-refractivity contribution in [2.24, 2.45) is 0 Å². The predicted octanol–water partition coefficient (Wildman–Crippen LogP) is 1.70. The van der Waals surface area contributed by atoms with Crippen LogP contribution in [0.3, 0.4) is 0 Å². The summed E-state index contributed by atoms with van der Waals surface area (Å²) in [5.74, 6) is 1.80. The van der Waals surface area contributed by atoms with E-state index in [1.165, 1.54) is 11.1 Å². The SMILES string of the molecule is Cc1ccc(CCc2nc(N3CCNC(C)C3)n[nH]2)cc1. The van der Waals surface area contributed by atoms with E-state index in [9.17, 15) is 0 Å². The maximum atomic E-state index is 4.63. The maximum absolute atomic E-state index is 4.63. The summed E-state index contributed by atoms with van der Waals surface area (Å²) >= 11 is 0. The van der Waals surface area contributed by atoms with E-state index in [1.54, 1.807) is 0 Å². The first-order chi connectivity index (χ1) is 10.2. The lowest BCUT2D eigenvalue weighted by Gasteiger charge is -2.30. The van der Waals surface area contributed by atoms with Crippen LogP contribution < -0.4 is 10.2 Å². The molecule has 1 aliphatic rings. The first-order valence-corrected chi connectivity index (χ1v) is 7.66. The van der Waals surface area contributed by atoms with Gasteiger partial charge in [0.1, 0.15) is 5.82 Å².